The fourth-order valence-electron chi connectivity index (χ4n) is 1.49. The summed E-state index contributed by atoms with van der Waals surface area (Å²) in [5, 5.41) is 0. The van der Waals surface area contributed by atoms with Gasteiger partial charge >= 0.3 is 0 Å². The molecule has 1 rings (SSSR count). The molecule has 0 spiro atoms. The molecule has 2 nitrogen and oxygen atoms in total. The molecule has 0 amide bonds. The normalized spacial score (nSPS) is 10.4. The number of nitrogens with two attached hydrogens (primary N) is 1. The molecule has 3 heteroatoms. The van der Waals surface area contributed by atoms with E-state index in [9.17, 15) is 4.39 Å². The van der Waals surface area contributed by atoms with E-state index in [0.29, 0.717) is 12.4 Å². The lowest BCUT2D eigenvalue weighted by atomic mass is 10.2. The molecule has 0 aromatic heterocycles. The lowest BCUT2D eigenvalue weighted by Crippen LogP contribution is -1.98. The van der Waals surface area contributed by atoms with Crippen molar-refractivity contribution in [3.05, 3.63) is 24.0 Å². The van der Waals surface area contributed by atoms with E-state index in [1.165, 1.54) is 37.8 Å². The molecule has 0 aliphatic rings. The number of hydrogen-bond acceptors (Lipinski definition) is 2. The van der Waals surface area contributed by atoms with Crippen LogP contribution < -0.4 is 10.5 Å². The van der Waals surface area contributed by atoms with Crippen molar-refractivity contribution >= 4 is 5.69 Å². The van der Waals surface area contributed by atoms with Crippen LogP contribution in [0.15, 0.2) is 18.2 Å². The third-order valence-electron chi connectivity index (χ3n) is 2.49. The average Bonchev–Trinajstić information content (AvgIpc) is 2.28. The number of anilines is 1. The molecule has 16 heavy (non-hydrogen) atoms. The first-order valence-electron chi connectivity index (χ1n) is 5.92. The van der Waals surface area contributed by atoms with Crippen molar-refractivity contribution in [2.45, 2.75) is 39.0 Å². The lowest BCUT2D eigenvalue weighted by Gasteiger charge is -2.06. The Morgan fingerprint density at radius 2 is 1.94 bits per heavy atom. The average molecular weight is 225 g/mol. The van der Waals surface area contributed by atoms with Crippen molar-refractivity contribution in [1.29, 1.82) is 0 Å². The molecule has 0 fully saturated rings. The summed E-state index contributed by atoms with van der Waals surface area (Å²) < 4.78 is 18.5. The Morgan fingerprint density at radius 3 is 2.62 bits per heavy atom. The van der Waals surface area contributed by atoms with Crippen LogP contribution in [0, 0.1) is 5.82 Å². The highest BCUT2D eigenvalue weighted by molar-refractivity contribution is 5.43. The van der Waals surface area contributed by atoms with Crippen molar-refractivity contribution < 1.29 is 9.13 Å². The summed E-state index contributed by atoms with van der Waals surface area (Å²) in [6, 6.07) is 4.56. The molecule has 0 atom stereocenters. The summed E-state index contributed by atoms with van der Waals surface area (Å²) in [5.74, 6) is 0.144. The van der Waals surface area contributed by atoms with E-state index in [1.54, 1.807) is 6.07 Å². The Balaban J connectivity index is 2.19. The first-order valence-corrected chi connectivity index (χ1v) is 5.92. The van der Waals surface area contributed by atoms with Crippen LogP contribution in [0.2, 0.25) is 0 Å². The van der Waals surface area contributed by atoms with Crippen molar-refractivity contribution in [1.82, 2.24) is 0 Å². The maximum Gasteiger partial charge on any atom is 0.149 e. The maximum absolute atomic E-state index is 13.0. The molecule has 0 saturated carbocycles. The van der Waals surface area contributed by atoms with E-state index >= 15 is 0 Å². The van der Waals surface area contributed by atoms with Gasteiger partial charge in [0.2, 0.25) is 0 Å². The molecule has 1 aromatic carbocycles. The fraction of sp³-hybridized carbons (Fsp3) is 0.538. The first kappa shape index (κ1) is 12.8. The van der Waals surface area contributed by atoms with Crippen LogP contribution in [0.25, 0.3) is 0 Å². The molecule has 0 bridgehead atoms. The molecular weight excluding hydrogens is 205 g/mol. The minimum absolute atomic E-state index is 0.162. The monoisotopic (exact) mass is 225 g/mol. The van der Waals surface area contributed by atoms with E-state index < -0.39 is 5.82 Å². The summed E-state index contributed by atoms with van der Waals surface area (Å²) in [6.07, 6.45) is 5.95. The van der Waals surface area contributed by atoms with Crippen molar-refractivity contribution in [2.75, 3.05) is 12.3 Å². The molecular formula is C13H20FNO. The van der Waals surface area contributed by atoms with E-state index in [-0.39, 0.29) is 5.69 Å². The third kappa shape index (κ3) is 4.51. The van der Waals surface area contributed by atoms with Crippen molar-refractivity contribution in [3.8, 4) is 5.75 Å². The molecule has 0 aliphatic carbocycles. The second-order valence-electron chi connectivity index (χ2n) is 3.95. The largest absolute Gasteiger partial charge is 0.493 e. The smallest absolute Gasteiger partial charge is 0.149 e. The second-order valence-corrected chi connectivity index (χ2v) is 3.95. The number of benzene rings is 1. The van der Waals surface area contributed by atoms with Crippen molar-refractivity contribution in [2.24, 2.45) is 0 Å². The number of unbranched alkanes of at least 4 members (excludes halogenated alkanes) is 4. The number of ether oxygens (including phenoxy) is 1. The van der Waals surface area contributed by atoms with Crippen LogP contribution in [-0.2, 0) is 0 Å². The zero-order valence-electron chi connectivity index (χ0n) is 9.84. The van der Waals surface area contributed by atoms with Gasteiger partial charge in [-0.15, -0.1) is 0 Å². The molecule has 2 N–H and O–H groups in total. The van der Waals surface area contributed by atoms with E-state index in [1.807, 2.05) is 0 Å². The minimum atomic E-state index is -0.413. The fourth-order valence-corrected chi connectivity index (χ4v) is 1.49. The van der Waals surface area contributed by atoms with Crippen LogP contribution in [0.1, 0.15) is 39.0 Å². The number of hydrogen-bond donors (Lipinski definition) is 1. The first-order chi connectivity index (χ1) is 7.74. The molecule has 90 valence electrons. The third-order valence-corrected chi connectivity index (χ3v) is 2.49. The van der Waals surface area contributed by atoms with Gasteiger partial charge in [-0.3, -0.25) is 0 Å². The lowest BCUT2D eigenvalue weighted by molar-refractivity contribution is 0.303. The van der Waals surface area contributed by atoms with Gasteiger partial charge in [-0.05, 0) is 18.6 Å². The van der Waals surface area contributed by atoms with Gasteiger partial charge in [0.25, 0.3) is 0 Å². The predicted octanol–water partition coefficient (Wildman–Crippen LogP) is 3.76. The van der Waals surface area contributed by atoms with Gasteiger partial charge in [0.1, 0.15) is 11.6 Å². The van der Waals surface area contributed by atoms with Crippen LogP contribution in [0.4, 0.5) is 10.1 Å². The molecule has 0 aliphatic heterocycles. The van der Waals surface area contributed by atoms with E-state index in [0.717, 1.165) is 6.42 Å². The Morgan fingerprint density at radius 1 is 1.19 bits per heavy atom. The van der Waals surface area contributed by atoms with Crippen LogP contribution >= 0.6 is 0 Å². The molecule has 0 radical (unpaired) electrons. The van der Waals surface area contributed by atoms with Gasteiger partial charge in [-0.2, -0.15) is 0 Å². The van der Waals surface area contributed by atoms with Gasteiger partial charge in [0.05, 0.1) is 12.3 Å². The highest BCUT2D eigenvalue weighted by Crippen LogP contribution is 2.18. The van der Waals surface area contributed by atoms with Gasteiger partial charge in [-0.1, -0.05) is 32.6 Å². The zero-order valence-corrected chi connectivity index (χ0v) is 9.84. The predicted molar refractivity (Wildman–Crippen MR) is 65.1 cm³/mol. The topological polar surface area (TPSA) is 35.2 Å². The van der Waals surface area contributed by atoms with Crippen LogP contribution in [0.5, 0.6) is 5.75 Å². The summed E-state index contributed by atoms with van der Waals surface area (Å²) >= 11 is 0. The number of halogens is 1. The maximum atomic E-state index is 13.0. The Hall–Kier alpha value is -1.25. The summed E-state index contributed by atoms with van der Waals surface area (Å²) in [6.45, 7) is 2.83. The highest BCUT2D eigenvalue weighted by atomic mass is 19.1. The standard InChI is InChI=1S/C13H20FNO/c1-2-3-4-5-6-9-16-11-7-8-13(15)12(14)10-11/h7-8,10H,2-6,9,15H2,1H3. The number of rotatable bonds is 7. The van der Waals surface area contributed by atoms with Gasteiger partial charge < -0.3 is 10.5 Å². The van der Waals surface area contributed by atoms with Gasteiger partial charge in [0, 0.05) is 6.07 Å². The molecule has 1 aromatic rings. The Bertz CT molecular complexity index is 315. The molecule has 0 heterocycles. The highest BCUT2D eigenvalue weighted by Gasteiger charge is 2.00. The van der Waals surface area contributed by atoms with Crippen LogP contribution in [-0.4, -0.2) is 6.61 Å². The van der Waals surface area contributed by atoms with Crippen molar-refractivity contribution in [3.63, 3.8) is 0 Å². The minimum Gasteiger partial charge on any atom is -0.493 e. The van der Waals surface area contributed by atoms with E-state index in [4.69, 9.17) is 10.5 Å². The van der Waals surface area contributed by atoms with Gasteiger partial charge in [0.15, 0.2) is 0 Å². The zero-order chi connectivity index (χ0) is 11.8. The molecule has 0 unspecified atom stereocenters. The SMILES string of the molecule is CCCCCCCOc1ccc(N)c(F)c1. The van der Waals surface area contributed by atoms with E-state index in [2.05, 4.69) is 6.92 Å². The number of nitrogen functional groups attached to an aromatic ring is 1. The summed E-state index contributed by atoms with van der Waals surface area (Å²) in [7, 11) is 0. The summed E-state index contributed by atoms with van der Waals surface area (Å²) in [5.41, 5.74) is 5.53. The van der Waals surface area contributed by atoms with Crippen LogP contribution in [0.3, 0.4) is 0 Å². The van der Waals surface area contributed by atoms with Gasteiger partial charge in [-0.25, -0.2) is 4.39 Å². The molecule has 0 saturated heterocycles. The Labute approximate surface area is 96.6 Å². The second kappa shape index (κ2) is 7.09. The Kier molecular flexibility index (Phi) is 5.68. The summed E-state index contributed by atoms with van der Waals surface area (Å²) in [4.78, 5) is 0. The quantitative estimate of drug-likeness (QED) is 0.566.